The Hall–Kier alpha value is -0.370. The first-order valence-electron chi connectivity index (χ1n) is 9.85. The van der Waals surface area contributed by atoms with Crippen molar-refractivity contribution in [3.05, 3.63) is 0 Å². The molecule has 128 valence electrons. The second-order valence-electron chi connectivity index (χ2n) is 8.10. The number of carbonyl (C=O) groups is 1. The zero-order valence-corrected chi connectivity index (χ0v) is 15.2. The summed E-state index contributed by atoms with van der Waals surface area (Å²) >= 11 is 0. The number of piperidine rings is 1. The zero-order chi connectivity index (χ0) is 15.9. The Kier molecular flexibility index (Phi) is 7.40. The van der Waals surface area contributed by atoms with Gasteiger partial charge in [-0.25, -0.2) is 0 Å². The Labute approximate surface area is 138 Å². The van der Waals surface area contributed by atoms with Crippen LogP contribution in [0.15, 0.2) is 0 Å². The Bertz CT molecular complexity index is 323. The molecule has 0 unspecified atom stereocenters. The van der Waals surface area contributed by atoms with E-state index in [1.807, 2.05) is 6.92 Å². The van der Waals surface area contributed by atoms with E-state index >= 15 is 0 Å². The van der Waals surface area contributed by atoms with Gasteiger partial charge < -0.3 is 4.90 Å². The summed E-state index contributed by atoms with van der Waals surface area (Å²) in [5, 5.41) is 0. The van der Waals surface area contributed by atoms with Crippen LogP contribution in [0.4, 0.5) is 0 Å². The fraction of sp³-hybridized carbons (Fsp3) is 0.950. The standard InChI is InChI=1S/C20H37NO/c1-4-20(22)19-9-7-17(8-10-19)6-5-13-21-14-11-18(12-15-21)16(2)3/h16-19H,4-15H2,1-3H3. The first-order valence-corrected chi connectivity index (χ1v) is 9.85. The van der Waals surface area contributed by atoms with Crippen LogP contribution in [-0.2, 0) is 4.79 Å². The van der Waals surface area contributed by atoms with Crippen LogP contribution in [0.1, 0.15) is 78.6 Å². The number of carbonyl (C=O) groups excluding carboxylic acids is 1. The van der Waals surface area contributed by atoms with E-state index < -0.39 is 0 Å². The summed E-state index contributed by atoms with van der Waals surface area (Å²) < 4.78 is 0. The predicted molar refractivity (Wildman–Crippen MR) is 94.0 cm³/mol. The average molecular weight is 308 g/mol. The van der Waals surface area contributed by atoms with Crippen LogP contribution in [0.25, 0.3) is 0 Å². The minimum atomic E-state index is 0.399. The van der Waals surface area contributed by atoms with Crippen molar-refractivity contribution >= 4 is 5.78 Å². The van der Waals surface area contributed by atoms with Crippen LogP contribution >= 0.6 is 0 Å². The minimum absolute atomic E-state index is 0.399. The first kappa shape index (κ1) is 18.0. The molecule has 2 aliphatic rings. The molecule has 0 radical (unpaired) electrons. The van der Waals surface area contributed by atoms with Crippen LogP contribution in [0, 0.1) is 23.7 Å². The Morgan fingerprint density at radius 3 is 2.23 bits per heavy atom. The molecule has 2 fully saturated rings. The van der Waals surface area contributed by atoms with Crippen LogP contribution in [0.5, 0.6) is 0 Å². The lowest BCUT2D eigenvalue weighted by atomic mass is 9.78. The van der Waals surface area contributed by atoms with Crippen molar-refractivity contribution in [2.24, 2.45) is 23.7 Å². The van der Waals surface area contributed by atoms with Crippen LogP contribution in [-0.4, -0.2) is 30.3 Å². The van der Waals surface area contributed by atoms with E-state index in [2.05, 4.69) is 18.7 Å². The van der Waals surface area contributed by atoms with E-state index in [1.165, 1.54) is 58.2 Å². The lowest BCUT2D eigenvalue weighted by Crippen LogP contribution is -2.36. The van der Waals surface area contributed by atoms with E-state index in [4.69, 9.17) is 0 Å². The molecule has 1 aliphatic heterocycles. The number of likely N-dealkylation sites (tertiary alicyclic amines) is 1. The minimum Gasteiger partial charge on any atom is -0.303 e. The lowest BCUT2D eigenvalue weighted by Gasteiger charge is -2.34. The molecule has 22 heavy (non-hydrogen) atoms. The lowest BCUT2D eigenvalue weighted by molar-refractivity contribution is -0.123. The van der Waals surface area contributed by atoms with Gasteiger partial charge in [0.05, 0.1) is 0 Å². The number of hydrogen-bond donors (Lipinski definition) is 0. The molecule has 2 rings (SSSR count). The maximum Gasteiger partial charge on any atom is 0.135 e. The molecule has 1 heterocycles. The monoisotopic (exact) mass is 307 g/mol. The molecule has 2 nitrogen and oxygen atoms in total. The summed E-state index contributed by atoms with van der Waals surface area (Å²) in [6.45, 7) is 10.7. The molecule has 2 heteroatoms. The smallest absolute Gasteiger partial charge is 0.135 e. The molecule has 1 saturated carbocycles. The van der Waals surface area contributed by atoms with Crippen molar-refractivity contribution in [1.29, 1.82) is 0 Å². The van der Waals surface area contributed by atoms with E-state index in [1.54, 1.807) is 0 Å². The van der Waals surface area contributed by atoms with E-state index in [9.17, 15) is 4.79 Å². The number of rotatable bonds is 7. The van der Waals surface area contributed by atoms with Crippen molar-refractivity contribution in [3.63, 3.8) is 0 Å². The van der Waals surface area contributed by atoms with Gasteiger partial charge in [-0.15, -0.1) is 0 Å². The SMILES string of the molecule is CCC(=O)C1CCC(CCCN2CCC(C(C)C)CC2)CC1. The molecule has 1 saturated heterocycles. The van der Waals surface area contributed by atoms with Crippen LogP contribution < -0.4 is 0 Å². The Morgan fingerprint density at radius 2 is 1.68 bits per heavy atom. The molecule has 0 aromatic carbocycles. The highest BCUT2D eigenvalue weighted by Crippen LogP contribution is 2.32. The molecule has 0 amide bonds. The second-order valence-corrected chi connectivity index (χ2v) is 8.10. The maximum atomic E-state index is 11.8. The van der Waals surface area contributed by atoms with Gasteiger partial charge in [-0.2, -0.15) is 0 Å². The van der Waals surface area contributed by atoms with Crippen molar-refractivity contribution in [2.75, 3.05) is 19.6 Å². The van der Waals surface area contributed by atoms with Gasteiger partial charge in [-0.1, -0.05) is 20.8 Å². The highest BCUT2D eigenvalue weighted by Gasteiger charge is 2.25. The quantitative estimate of drug-likeness (QED) is 0.665. The summed E-state index contributed by atoms with van der Waals surface area (Å²) in [6.07, 6.45) is 11.2. The molecule has 0 spiro atoms. The summed E-state index contributed by atoms with van der Waals surface area (Å²) in [6, 6.07) is 0. The van der Waals surface area contributed by atoms with Gasteiger partial charge in [0.1, 0.15) is 5.78 Å². The van der Waals surface area contributed by atoms with Crippen molar-refractivity contribution < 1.29 is 4.79 Å². The summed E-state index contributed by atoms with van der Waals surface area (Å²) in [7, 11) is 0. The molecular weight excluding hydrogens is 270 g/mol. The third-order valence-electron chi connectivity index (χ3n) is 6.31. The third-order valence-corrected chi connectivity index (χ3v) is 6.31. The molecule has 1 aliphatic carbocycles. The van der Waals surface area contributed by atoms with E-state index in [0.29, 0.717) is 11.7 Å². The molecule has 0 bridgehead atoms. The molecular formula is C20H37NO. The maximum absolute atomic E-state index is 11.8. The fourth-order valence-corrected chi connectivity index (χ4v) is 4.51. The van der Waals surface area contributed by atoms with Crippen LogP contribution in [0.3, 0.4) is 0 Å². The molecule has 0 aromatic heterocycles. The highest BCUT2D eigenvalue weighted by molar-refractivity contribution is 5.80. The Balaban J connectivity index is 1.56. The number of ketones is 1. The largest absolute Gasteiger partial charge is 0.303 e. The van der Waals surface area contributed by atoms with Crippen molar-refractivity contribution in [1.82, 2.24) is 4.90 Å². The summed E-state index contributed by atoms with van der Waals surface area (Å²) in [5.74, 6) is 3.63. The van der Waals surface area contributed by atoms with E-state index in [0.717, 1.165) is 37.0 Å². The normalized spacial score (nSPS) is 28.2. The van der Waals surface area contributed by atoms with E-state index in [-0.39, 0.29) is 0 Å². The predicted octanol–water partition coefficient (Wildman–Crippen LogP) is 4.92. The first-order chi connectivity index (χ1) is 10.6. The van der Waals surface area contributed by atoms with Crippen molar-refractivity contribution in [2.45, 2.75) is 78.6 Å². The molecule has 0 N–H and O–H groups in total. The van der Waals surface area contributed by atoms with Gasteiger partial charge in [-0.05, 0) is 88.8 Å². The summed E-state index contributed by atoms with van der Waals surface area (Å²) in [4.78, 5) is 14.4. The highest BCUT2D eigenvalue weighted by atomic mass is 16.1. The van der Waals surface area contributed by atoms with Gasteiger partial charge >= 0.3 is 0 Å². The van der Waals surface area contributed by atoms with Crippen molar-refractivity contribution in [3.8, 4) is 0 Å². The number of Topliss-reactive ketones (excluding diaryl/α,β-unsaturated/α-hetero) is 1. The van der Waals surface area contributed by atoms with Gasteiger partial charge in [-0.3, -0.25) is 4.79 Å². The number of nitrogens with zero attached hydrogens (tertiary/aromatic N) is 1. The fourth-order valence-electron chi connectivity index (χ4n) is 4.51. The van der Waals surface area contributed by atoms with Gasteiger partial charge in [0, 0.05) is 12.3 Å². The zero-order valence-electron chi connectivity index (χ0n) is 15.2. The van der Waals surface area contributed by atoms with Crippen LogP contribution in [0.2, 0.25) is 0 Å². The number of hydrogen-bond acceptors (Lipinski definition) is 2. The van der Waals surface area contributed by atoms with Gasteiger partial charge in [0.25, 0.3) is 0 Å². The topological polar surface area (TPSA) is 20.3 Å². The Morgan fingerprint density at radius 1 is 1.05 bits per heavy atom. The molecule has 0 aromatic rings. The average Bonchev–Trinajstić information content (AvgIpc) is 2.55. The molecule has 0 atom stereocenters. The third kappa shape index (κ3) is 5.37. The van der Waals surface area contributed by atoms with Gasteiger partial charge in [0.15, 0.2) is 0 Å². The summed E-state index contributed by atoms with van der Waals surface area (Å²) in [5.41, 5.74) is 0. The second kappa shape index (κ2) is 9.05. The van der Waals surface area contributed by atoms with Gasteiger partial charge in [0.2, 0.25) is 0 Å².